The second-order valence-corrected chi connectivity index (χ2v) is 9.83. The minimum Gasteiger partial charge on any atom is -0.444 e. The van der Waals surface area contributed by atoms with Crippen LogP contribution in [-0.4, -0.2) is 62.4 Å². The average Bonchev–Trinajstić information content (AvgIpc) is 3.39. The first-order chi connectivity index (χ1) is 15.7. The number of pyridine rings is 1. The molecule has 0 atom stereocenters. The molecular weight excluding hydrogens is 440 g/mol. The van der Waals surface area contributed by atoms with E-state index in [1.807, 2.05) is 55.9 Å². The van der Waals surface area contributed by atoms with Gasteiger partial charge in [-0.05, 0) is 51.0 Å². The lowest BCUT2D eigenvalue weighted by Crippen LogP contribution is -2.50. The lowest BCUT2D eigenvalue weighted by atomic mass is 9.97. The summed E-state index contributed by atoms with van der Waals surface area (Å²) in [7, 11) is 0. The SMILES string of the molecule is Cc1ccc2[nH]ncc2c1-c1cc2ncc(N3CCN(C(=O)OC(C)(C)C)CC3)n2cc1Cl. The van der Waals surface area contributed by atoms with E-state index in [1.165, 1.54) is 0 Å². The van der Waals surface area contributed by atoms with Crippen LogP contribution in [0.25, 0.3) is 27.7 Å². The van der Waals surface area contributed by atoms with Gasteiger partial charge in [-0.2, -0.15) is 5.10 Å². The van der Waals surface area contributed by atoms with E-state index in [4.69, 9.17) is 16.3 Å². The van der Waals surface area contributed by atoms with E-state index in [2.05, 4.69) is 33.1 Å². The minimum atomic E-state index is -0.497. The summed E-state index contributed by atoms with van der Waals surface area (Å²) in [6.07, 6.45) is 5.35. The number of carbonyl (C=O) groups excluding carboxylic acids is 1. The molecule has 0 unspecified atom stereocenters. The number of aromatic nitrogens is 4. The molecule has 1 saturated heterocycles. The number of H-pyrrole nitrogens is 1. The highest BCUT2D eigenvalue weighted by Gasteiger charge is 2.27. The first-order valence-corrected chi connectivity index (χ1v) is 11.4. The first kappa shape index (κ1) is 21.6. The molecule has 1 N–H and O–H groups in total. The Morgan fingerprint density at radius 1 is 1.15 bits per heavy atom. The Labute approximate surface area is 197 Å². The molecule has 4 aromatic rings. The molecule has 1 amide bonds. The maximum atomic E-state index is 12.4. The Kier molecular flexibility index (Phi) is 5.20. The van der Waals surface area contributed by atoms with Crippen LogP contribution in [-0.2, 0) is 4.74 Å². The van der Waals surface area contributed by atoms with Crippen molar-refractivity contribution in [2.45, 2.75) is 33.3 Å². The molecule has 4 heterocycles. The monoisotopic (exact) mass is 466 g/mol. The summed E-state index contributed by atoms with van der Waals surface area (Å²) in [6, 6.07) is 6.12. The fraction of sp³-hybridized carbons (Fsp3) is 0.375. The van der Waals surface area contributed by atoms with Gasteiger partial charge in [-0.15, -0.1) is 0 Å². The third kappa shape index (κ3) is 3.99. The van der Waals surface area contributed by atoms with E-state index >= 15 is 0 Å². The van der Waals surface area contributed by atoms with E-state index in [0.29, 0.717) is 31.2 Å². The van der Waals surface area contributed by atoms with Gasteiger partial charge in [-0.25, -0.2) is 9.78 Å². The number of fused-ring (bicyclic) bond motifs is 2. The minimum absolute atomic E-state index is 0.267. The molecule has 1 aliphatic heterocycles. The number of nitrogens with one attached hydrogen (secondary N) is 1. The molecule has 8 nitrogen and oxygen atoms in total. The molecule has 172 valence electrons. The van der Waals surface area contributed by atoms with Crippen molar-refractivity contribution >= 4 is 40.1 Å². The fourth-order valence-electron chi connectivity index (χ4n) is 4.34. The Balaban J connectivity index is 1.42. The molecule has 9 heteroatoms. The van der Waals surface area contributed by atoms with E-state index in [1.54, 1.807) is 4.90 Å². The van der Waals surface area contributed by atoms with Crippen LogP contribution in [0.1, 0.15) is 26.3 Å². The number of ether oxygens (including phenoxy) is 1. The van der Waals surface area contributed by atoms with Crippen LogP contribution in [0.3, 0.4) is 0 Å². The van der Waals surface area contributed by atoms with Crippen LogP contribution in [0.4, 0.5) is 10.6 Å². The number of benzene rings is 1. The summed E-state index contributed by atoms with van der Waals surface area (Å²) in [6.45, 7) is 10.3. The van der Waals surface area contributed by atoms with Gasteiger partial charge in [0.05, 0.1) is 22.9 Å². The van der Waals surface area contributed by atoms with Gasteiger partial charge in [0, 0.05) is 43.3 Å². The Morgan fingerprint density at radius 3 is 2.64 bits per heavy atom. The first-order valence-electron chi connectivity index (χ1n) is 11.0. The highest BCUT2D eigenvalue weighted by molar-refractivity contribution is 6.33. The summed E-state index contributed by atoms with van der Waals surface area (Å²) in [5.74, 6) is 0.959. The van der Waals surface area contributed by atoms with Gasteiger partial charge < -0.3 is 14.5 Å². The van der Waals surface area contributed by atoms with Crippen molar-refractivity contribution in [1.29, 1.82) is 0 Å². The second kappa shape index (κ2) is 7.95. The standard InChI is InChI=1S/C24H27ClN6O2/c1-15-5-6-19-17(12-27-28-19)22(15)16-11-20-26-13-21(31(20)14-18(16)25)29-7-9-30(10-8-29)23(32)33-24(2,3)4/h5-6,11-14H,7-10H2,1-4H3,(H,27,28). The zero-order valence-electron chi connectivity index (χ0n) is 19.2. The summed E-state index contributed by atoms with van der Waals surface area (Å²) in [4.78, 5) is 21.0. The number of carbonyl (C=O) groups is 1. The number of nitrogens with zero attached hydrogens (tertiary/aromatic N) is 5. The number of imidazole rings is 1. The Bertz CT molecular complexity index is 1340. The molecule has 0 aliphatic carbocycles. The number of hydrogen-bond acceptors (Lipinski definition) is 5. The molecule has 0 bridgehead atoms. The van der Waals surface area contributed by atoms with E-state index in [0.717, 1.165) is 39.1 Å². The van der Waals surface area contributed by atoms with Crippen molar-refractivity contribution in [3.8, 4) is 11.1 Å². The van der Waals surface area contributed by atoms with Crippen LogP contribution in [0.2, 0.25) is 5.02 Å². The normalized spacial score (nSPS) is 14.9. The fourth-order valence-corrected chi connectivity index (χ4v) is 4.59. The van der Waals surface area contributed by atoms with Crippen LogP contribution in [0.5, 0.6) is 0 Å². The maximum Gasteiger partial charge on any atom is 0.410 e. The lowest BCUT2D eigenvalue weighted by molar-refractivity contribution is 0.0240. The zero-order chi connectivity index (χ0) is 23.3. The molecule has 0 radical (unpaired) electrons. The van der Waals surface area contributed by atoms with Gasteiger partial charge >= 0.3 is 6.09 Å². The van der Waals surface area contributed by atoms with Crippen molar-refractivity contribution in [3.63, 3.8) is 0 Å². The molecular formula is C24H27ClN6O2. The zero-order valence-corrected chi connectivity index (χ0v) is 20.0. The summed E-state index contributed by atoms with van der Waals surface area (Å²) >= 11 is 6.80. The number of amides is 1. The van der Waals surface area contributed by atoms with Crippen LogP contribution in [0, 0.1) is 6.92 Å². The predicted molar refractivity (Wildman–Crippen MR) is 130 cm³/mol. The number of halogens is 1. The highest BCUT2D eigenvalue weighted by atomic mass is 35.5. The van der Waals surface area contributed by atoms with E-state index in [-0.39, 0.29) is 6.09 Å². The topological polar surface area (TPSA) is 78.8 Å². The molecule has 0 saturated carbocycles. The molecule has 1 fully saturated rings. The van der Waals surface area contributed by atoms with Crippen LogP contribution < -0.4 is 4.90 Å². The Hall–Kier alpha value is -3.26. The lowest BCUT2D eigenvalue weighted by Gasteiger charge is -2.36. The van der Waals surface area contributed by atoms with Gasteiger partial charge in [0.2, 0.25) is 0 Å². The van der Waals surface area contributed by atoms with E-state index < -0.39 is 5.60 Å². The largest absolute Gasteiger partial charge is 0.444 e. The summed E-state index contributed by atoms with van der Waals surface area (Å²) in [5.41, 5.74) is 4.41. The van der Waals surface area contributed by atoms with Gasteiger partial charge in [-0.1, -0.05) is 17.7 Å². The summed E-state index contributed by atoms with van der Waals surface area (Å²) in [5, 5.41) is 8.90. The molecule has 1 aliphatic rings. The Morgan fingerprint density at radius 2 is 1.91 bits per heavy atom. The second-order valence-electron chi connectivity index (χ2n) is 9.42. The van der Waals surface area contributed by atoms with Crippen molar-refractivity contribution in [2.75, 3.05) is 31.1 Å². The van der Waals surface area contributed by atoms with E-state index in [9.17, 15) is 4.79 Å². The quantitative estimate of drug-likeness (QED) is 0.454. The third-order valence-corrected chi connectivity index (χ3v) is 6.24. The van der Waals surface area contributed by atoms with Crippen molar-refractivity contribution in [2.24, 2.45) is 0 Å². The van der Waals surface area contributed by atoms with Crippen molar-refractivity contribution in [3.05, 3.63) is 47.4 Å². The number of aromatic amines is 1. The number of anilines is 1. The molecule has 33 heavy (non-hydrogen) atoms. The van der Waals surface area contributed by atoms with Gasteiger partial charge in [0.15, 0.2) is 0 Å². The van der Waals surface area contributed by atoms with Crippen LogP contribution >= 0.6 is 11.6 Å². The number of rotatable bonds is 2. The molecule has 0 spiro atoms. The number of hydrogen-bond donors (Lipinski definition) is 1. The van der Waals surface area contributed by atoms with Crippen molar-refractivity contribution in [1.82, 2.24) is 24.5 Å². The van der Waals surface area contributed by atoms with Gasteiger partial charge in [0.1, 0.15) is 17.1 Å². The predicted octanol–water partition coefficient (Wildman–Crippen LogP) is 4.90. The average molecular weight is 467 g/mol. The van der Waals surface area contributed by atoms with Gasteiger partial charge in [-0.3, -0.25) is 9.50 Å². The molecule has 3 aromatic heterocycles. The van der Waals surface area contributed by atoms with Crippen molar-refractivity contribution < 1.29 is 9.53 Å². The molecule has 5 rings (SSSR count). The number of piperazine rings is 1. The smallest absolute Gasteiger partial charge is 0.410 e. The van der Waals surface area contributed by atoms with Crippen LogP contribution in [0.15, 0.2) is 36.8 Å². The molecule has 1 aromatic carbocycles. The maximum absolute atomic E-state index is 12.4. The van der Waals surface area contributed by atoms with Gasteiger partial charge in [0.25, 0.3) is 0 Å². The number of aryl methyl sites for hydroxylation is 1. The highest BCUT2D eigenvalue weighted by Crippen LogP contribution is 2.37. The third-order valence-electron chi connectivity index (χ3n) is 5.94. The summed E-state index contributed by atoms with van der Waals surface area (Å²) < 4.78 is 7.52.